The van der Waals surface area contributed by atoms with Crippen LogP contribution in [0.2, 0.25) is 0 Å². The highest BCUT2D eigenvalue weighted by Crippen LogP contribution is 2.14. The summed E-state index contributed by atoms with van der Waals surface area (Å²) in [6, 6.07) is 0.613. The van der Waals surface area contributed by atoms with Crippen LogP contribution in [0, 0.1) is 0 Å². The molecule has 0 aromatic carbocycles. The van der Waals surface area contributed by atoms with Crippen LogP contribution in [0.15, 0.2) is 0 Å². The zero-order valence-corrected chi connectivity index (χ0v) is 6.79. The van der Waals surface area contributed by atoms with E-state index in [1.165, 1.54) is 0 Å². The van der Waals surface area contributed by atoms with Gasteiger partial charge < -0.3 is 11.5 Å². The van der Waals surface area contributed by atoms with Crippen molar-refractivity contribution in [2.24, 2.45) is 11.5 Å². The number of rotatable bonds is 2. The summed E-state index contributed by atoms with van der Waals surface area (Å²) in [5.74, 6) is -0.272. The minimum absolute atomic E-state index is 0.212. The predicted molar refractivity (Wildman–Crippen MR) is 42.8 cm³/mol. The Morgan fingerprint density at radius 2 is 2.36 bits per heavy atom. The molecule has 2 unspecified atom stereocenters. The van der Waals surface area contributed by atoms with Crippen LogP contribution in [0.4, 0.5) is 0 Å². The van der Waals surface area contributed by atoms with Crippen LogP contribution < -0.4 is 11.5 Å². The zero-order chi connectivity index (χ0) is 8.43. The van der Waals surface area contributed by atoms with Gasteiger partial charge in [0.05, 0.1) is 6.54 Å². The van der Waals surface area contributed by atoms with Crippen molar-refractivity contribution in [2.75, 3.05) is 13.1 Å². The standard InChI is InChI=1S/C7H15N3O/c1-5-2-6(8)3-10(5)4-7(9)11/h5-6H,2-4,8H2,1H3,(H2,9,11). The normalized spacial score (nSPS) is 32.5. The highest BCUT2D eigenvalue weighted by Gasteiger charge is 2.26. The summed E-state index contributed by atoms with van der Waals surface area (Å²) >= 11 is 0. The number of amides is 1. The molecule has 0 saturated carbocycles. The summed E-state index contributed by atoms with van der Waals surface area (Å²) in [4.78, 5) is 12.6. The first-order valence-corrected chi connectivity index (χ1v) is 3.87. The summed E-state index contributed by atoms with van der Waals surface area (Å²) < 4.78 is 0. The van der Waals surface area contributed by atoms with Crippen LogP contribution in [0.5, 0.6) is 0 Å². The minimum Gasteiger partial charge on any atom is -0.369 e. The van der Waals surface area contributed by atoms with Gasteiger partial charge in [-0.15, -0.1) is 0 Å². The van der Waals surface area contributed by atoms with Gasteiger partial charge in [0, 0.05) is 18.6 Å². The number of carbonyl (C=O) groups is 1. The minimum atomic E-state index is -0.272. The lowest BCUT2D eigenvalue weighted by atomic mass is 10.2. The summed E-state index contributed by atoms with van der Waals surface area (Å²) in [5.41, 5.74) is 10.8. The molecule has 64 valence electrons. The Kier molecular flexibility index (Phi) is 2.46. The first-order chi connectivity index (χ1) is 5.09. The number of nitrogens with zero attached hydrogens (tertiary/aromatic N) is 1. The van der Waals surface area contributed by atoms with Gasteiger partial charge >= 0.3 is 0 Å². The van der Waals surface area contributed by atoms with E-state index in [2.05, 4.69) is 6.92 Å². The van der Waals surface area contributed by atoms with Gasteiger partial charge in [0.15, 0.2) is 0 Å². The van der Waals surface area contributed by atoms with Crippen molar-refractivity contribution in [3.8, 4) is 0 Å². The Hall–Kier alpha value is -0.610. The highest BCUT2D eigenvalue weighted by atomic mass is 16.1. The maximum Gasteiger partial charge on any atom is 0.231 e. The number of hydrogen-bond donors (Lipinski definition) is 2. The van der Waals surface area contributed by atoms with E-state index in [1.807, 2.05) is 4.90 Å². The second-order valence-electron chi connectivity index (χ2n) is 3.24. The average Bonchev–Trinajstić information content (AvgIpc) is 2.09. The lowest BCUT2D eigenvalue weighted by Gasteiger charge is -2.17. The lowest BCUT2D eigenvalue weighted by molar-refractivity contribution is -0.119. The average molecular weight is 157 g/mol. The third kappa shape index (κ3) is 2.17. The maximum atomic E-state index is 10.5. The Bertz CT molecular complexity index is 160. The summed E-state index contributed by atoms with van der Waals surface area (Å²) in [7, 11) is 0. The van der Waals surface area contributed by atoms with Crippen LogP contribution in [0.1, 0.15) is 13.3 Å². The molecule has 4 N–H and O–H groups in total. The van der Waals surface area contributed by atoms with Gasteiger partial charge in [0.1, 0.15) is 0 Å². The van der Waals surface area contributed by atoms with E-state index in [0.717, 1.165) is 13.0 Å². The molecule has 1 rings (SSSR count). The van der Waals surface area contributed by atoms with Crippen molar-refractivity contribution in [2.45, 2.75) is 25.4 Å². The number of carbonyl (C=O) groups excluding carboxylic acids is 1. The molecule has 1 saturated heterocycles. The largest absolute Gasteiger partial charge is 0.369 e. The molecule has 1 aliphatic rings. The van der Waals surface area contributed by atoms with Crippen molar-refractivity contribution >= 4 is 5.91 Å². The topological polar surface area (TPSA) is 72.3 Å². The van der Waals surface area contributed by atoms with Crippen LogP contribution >= 0.6 is 0 Å². The molecule has 1 heterocycles. The fourth-order valence-electron chi connectivity index (χ4n) is 1.56. The second kappa shape index (κ2) is 3.19. The van der Waals surface area contributed by atoms with E-state index in [-0.39, 0.29) is 11.9 Å². The van der Waals surface area contributed by atoms with E-state index >= 15 is 0 Å². The molecule has 4 heteroatoms. The third-order valence-electron chi connectivity index (χ3n) is 2.10. The van der Waals surface area contributed by atoms with Gasteiger partial charge in [-0.3, -0.25) is 9.69 Å². The van der Waals surface area contributed by atoms with Crippen LogP contribution in [0.25, 0.3) is 0 Å². The Morgan fingerprint density at radius 1 is 1.73 bits per heavy atom. The van der Waals surface area contributed by atoms with Gasteiger partial charge in [-0.1, -0.05) is 0 Å². The fourth-order valence-corrected chi connectivity index (χ4v) is 1.56. The molecule has 1 fully saturated rings. The molecule has 0 aromatic rings. The number of nitrogens with two attached hydrogens (primary N) is 2. The molecule has 11 heavy (non-hydrogen) atoms. The van der Waals surface area contributed by atoms with Crippen LogP contribution in [0.3, 0.4) is 0 Å². The smallest absolute Gasteiger partial charge is 0.231 e. The van der Waals surface area contributed by atoms with Crippen molar-refractivity contribution in [3.05, 3.63) is 0 Å². The molecule has 4 nitrogen and oxygen atoms in total. The monoisotopic (exact) mass is 157 g/mol. The van der Waals surface area contributed by atoms with Gasteiger partial charge in [-0.05, 0) is 13.3 Å². The van der Waals surface area contributed by atoms with Gasteiger partial charge in [-0.2, -0.15) is 0 Å². The van der Waals surface area contributed by atoms with E-state index < -0.39 is 0 Å². The molecule has 0 radical (unpaired) electrons. The zero-order valence-electron chi connectivity index (χ0n) is 6.79. The maximum absolute atomic E-state index is 10.5. The van der Waals surface area contributed by atoms with Gasteiger partial charge in [0.25, 0.3) is 0 Å². The summed E-state index contributed by atoms with van der Waals surface area (Å²) in [6.07, 6.45) is 0.966. The van der Waals surface area contributed by atoms with Crippen molar-refractivity contribution in [1.82, 2.24) is 4.90 Å². The van der Waals surface area contributed by atoms with Crippen LogP contribution in [-0.4, -0.2) is 36.0 Å². The molecular formula is C7H15N3O. The van der Waals surface area contributed by atoms with Crippen molar-refractivity contribution in [1.29, 1.82) is 0 Å². The Balaban J connectivity index is 2.40. The molecular weight excluding hydrogens is 142 g/mol. The molecule has 0 spiro atoms. The first kappa shape index (κ1) is 8.49. The number of hydrogen-bond acceptors (Lipinski definition) is 3. The number of primary amides is 1. The Labute approximate surface area is 66.5 Å². The summed E-state index contributed by atoms with van der Waals surface area (Å²) in [5, 5.41) is 0. The lowest BCUT2D eigenvalue weighted by Crippen LogP contribution is -2.37. The second-order valence-corrected chi connectivity index (χ2v) is 3.24. The predicted octanol–water partition coefficient (Wildman–Crippen LogP) is -1.11. The molecule has 2 atom stereocenters. The first-order valence-electron chi connectivity index (χ1n) is 3.87. The van der Waals surface area contributed by atoms with Gasteiger partial charge in [-0.25, -0.2) is 0 Å². The van der Waals surface area contributed by atoms with Crippen molar-refractivity contribution < 1.29 is 4.79 Å². The fraction of sp³-hybridized carbons (Fsp3) is 0.857. The molecule has 1 amide bonds. The molecule has 0 bridgehead atoms. The third-order valence-corrected chi connectivity index (χ3v) is 2.10. The van der Waals surface area contributed by atoms with E-state index in [4.69, 9.17) is 11.5 Å². The van der Waals surface area contributed by atoms with E-state index in [1.54, 1.807) is 0 Å². The highest BCUT2D eigenvalue weighted by molar-refractivity contribution is 5.76. The Morgan fingerprint density at radius 3 is 2.73 bits per heavy atom. The summed E-state index contributed by atoms with van der Waals surface area (Å²) in [6.45, 7) is 3.20. The SMILES string of the molecule is CC1CC(N)CN1CC(N)=O. The molecule has 1 aliphatic heterocycles. The van der Waals surface area contributed by atoms with Crippen LogP contribution in [-0.2, 0) is 4.79 Å². The van der Waals surface area contributed by atoms with E-state index in [0.29, 0.717) is 12.6 Å². The molecule has 0 aliphatic carbocycles. The molecule has 0 aromatic heterocycles. The number of likely N-dealkylation sites (tertiary alicyclic amines) is 1. The quantitative estimate of drug-likeness (QED) is 0.534. The van der Waals surface area contributed by atoms with Crippen molar-refractivity contribution in [3.63, 3.8) is 0 Å². The van der Waals surface area contributed by atoms with E-state index in [9.17, 15) is 4.79 Å². The van der Waals surface area contributed by atoms with Gasteiger partial charge in [0.2, 0.25) is 5.91 Å².